The Hall–Kier alpha value is -0.530. The van der Waals surface area contributed by atoms with Crippen LogP contribution >= 0.6 is 0 Å². The lowest BCUT2D eigenvalue weighted by Gasteiger charge is -2.25. The minimum atomic E-state index is 0.406. The Kier molecular flexibility index (Phi) is 2.92. The first kappa shape index (κ1) is 8.57. The van der Waals surface area contributed by atoms with Gasteiger partial charge in [-0.25, -0.2) is 0 Å². The van der Waals surface area contributed by atoms with Gasteiger partial charge in [-0.15, -0.1) is 0 Å². The molecule has 0 amide bonds. The second-order valence-corrected chi connectivity index (χ2v) is 3.54. The summed E-state index contributed by atoms with van der Waals surface area (Å²) < 4.78 is 4.92. The topological polar surface area (TPSA) is 33.1 Å². The van der Waals surface area contributed by atoms with Crippen LogP contribution in [0.4, 0.5) is 0 Å². The first-order valence-electron chi connectivity index (χ1n) is 4.36. The van der Waals surface area contributed by atoms with Gasteiger partial charge in [0.2, 0.25) is 0 Å². The molecule has 2 atom stereocenters. The van der Waals surface area contributed by atoms with Crippen LogP contribution in [0.15, 0.2) is 0 Å². The van der Waals surface area contributed by atoms with E-state index in [1.807, 2.05) is 0 Å². The third kappa shape index (κ3) is 2.21. The Morgan fingerprint density at radius 2 is 2.18 bits per heavy atom. The smallest absolute Gasteiger partial charge is 0.183 e. The highest BCUT2D eigenvalue weighted by molar-refractivity contribution is 5.75. The molecule has 2 unspecified atom stereocenters. The van der Waals surface area contributed by atoms with Crippen molar-refractivity contribution >= 4 is 5.90 Å². The van der Waals surface area contributed by atoms with Crippen molar-refractivity contribution in [3.8, 4) is 0 Å². The number of ether oxygens (including phenoxy) is 1. The average Bonchev–Trinajstić information content (AvgIpc) is 2.03. The molecule has 0 bridgehead atoms. The lowest BCUT2D eigenvalue weighted by atomic mass is 9.82. The van der Waals surface area contributed by atoms with Crippen molar-refractivity contribution in [1.82, 2.24) is 0 Å². The van der Waals surface area contributed by atoms with E-state index in [0.29, 0.717) is 11.8 Å². The summed E-state index contributed by atoms with van der Waals surface area (Å²) in [5, 5.41) is 7.50. The zero-order valence-corrected chi connectivity index (χ0v) is 7.39. The molecule has 1 aliphatic rings. The van der Waals surface area contributed by atoms with Crippen LogP contribution in [0.25, 0.3) is 0 Å². The van der Waals surface area contributed by atoms with Crippen LogP contribution in [0.2, 0.25) is 0 Å². The molecule has 0 aromatic rings. The largest absolute Gasteiger partial charge is 0.484 e. The van der Waals surface area contributed by atoms with Gasteiger partial charge in [0.25, 0.3) is 0 Å². The Balaban J connectivity index is 2.39. The van der Waals surface area contributed by atoms with Crippen LogP contribution in [0.1, 0.15) is 32.6 Å². The number of methoxy groups -OCH3 is 1. The van der Waals surface area contributed by atoms with Crippen molar-refractivity contribution < 1.29 is 4.74 Å². The van der Waals surface area contributed by atoms with E-state index in [1.165, 1.54) is 12.8 Å². The molecule has 2 heteroatoms. The van der Waals surface area contributed by atoms with Crippen LogP contribution in [-0.2, 0) is 4.74 Å². The summed E-state index contributed by atoms with van der Waals surface area (Å²) in [6.45, 7) is 2.26. The highest BCUT2D eigenvalue weighted by Gasteiger charge is 2.22. The van der Waals surface area contributed by atoms with Crippen molar-refractivity contribution in [2.45, 2.75) is 32.6 Å². The summed E-state index contributed by atoms with van der Waals surface area (Å²) in [5.74, 6) is 1.67. The van der Waals surface area contributed by atoms with Crippen molar-refractivity contribution in [1.29, 1.82) is 5.41 Å². The molecule has 1 aliphatic carbocycles. The van der Waals surface area contributed by atoms with Gasteiger partial charge in [0.05, 0.1) is 7.11 Å². The van der Waals surface area contributed by atoms with Gasteiger partial charge in [0.15, 0.2) is 5.90 Å². The van der Waals surface area contributed by atoms with Gasteiger partial charge in [-0.2, -0.15) is 0 Å². The number of hydrogen-bond donors (Lipinski definition) is 1. The molecule has 11 heavy (non-hydrogen) atoms. The van der Waals surface area contributed by atoms with Crippen LogP contribution in [0.3, 0.4) is 0 Å². The maximum atomic E-state index is 7.50. The van der Waals surface area contributed by atoms with Gasteiger partial charge in [-0.1, -0.05) is 19.8 Å². The summed E-state index contributed by atoms with van der Waals surface area (Å²) in [6, 6.07) is 0. The Morgan fingerprint density at radius 1 is 1.45 bits per heavy atom. The van der Waals surface area contributed by atoms with Gasteiger partial charge in [-0.05, 0) is 18.8 Å². The molecule has 0 heterocycles. The van der Waals surface area contributed by atoms with Crippen molar-refractivity contribution in [2.24, 2.45) is 11.8 Å². The average molecular weight is 155 g/mol. The number of rotatable bonds is 1. The van der Waals surface area contributed by atoms with E-state index >= 15 is 0 Å². The van der Waals surface area contributed by atoms with Gasteiger partial charge >= 0.3 is 0 Å². The van der Waals surface area contributed by atoms with E-state index in [9.17, 15) is 0 Å². The third-order valence-electron chi connectivity index (χ3n) is 2.53. The minimum Gasteiger partial charge on any atom is -0.484 e. The standard InChI is InChI=1S/C9H17NO/c1-7-4-3-5-8(6-7)9(10)11-2/h7-8,10H,3-6H2,1-2H3. The zero-order chi connectivity index (χ0) is 8.27. The van der Waals surface area contributed by atoms with E-state index in [1.54, 1.807) is 7.11 Å². The molecule has 0 saturated heterocycles. The quantitative estimate of drug-likeness (QED) is 0.458. The van der Waals surface area contributed by atoms with E-state index < -0.39 is 0 Å². The third-order valence-corrected chi connectivity index (χ3v) is 2.53. The van der Waals surface area contributed by atoms with Crippen molar-refractivity contribution in [3.63, 3.8) is 0 Å². The summed E-state index contributed by atoms with van der Waals surface area (Å²) in [6.07, 6.45) is 4.88. The maximum absolute atomic E-state index is 7.50. The minimum absolute atomic E-state index is 0.406. The first-order chi connectivity index (χ1) is 5.24. The van der Waals surface area contributed by atoms with E-state index in [2.05, 4.69) is 6.92 Å². The summed E-state index contributed by atoms with van der Waals surface area (Å²) in [4.78, 5) is 0. The highest BCUT2D eigenvalue weighted by atomic mass is 16.5. The van der Waals surface area contributed by atoms with Crippen molar-refractivity contribution in [3.05, 3.63) is 0 Å². The molecule has 1 saturated carbocycles. The molecular weight excluding hydrogens is 138 g/mol. The van der Waals surface area contributed by atoms with Crippen LogP contribution in [-0.4, -0.2) is 13.0 Å². The second-order valence-electron chi connectivity index (χ2n) is 3.54. The molecule has 0 aromatic heterocycles. The zero-order valence-electron chi connectivity index (χ0n) is 7.39. The van der Waals surface area contributed by atoms with E-state index in [4.69, 9.17) is 10.1 Å². The lowest BCUT2D eigenvalue weighted by Crippen LogP contribution is -2.22. The number of nitrogens with one attached hydrogen (secondary N) is 1. The predicted molar refractivity (Wildman–Crippen MR) is 45.9 cm³/mol. The molecule has 0 radical (unpaired) electrons. The maximum Gasteiger partial charge on any atom is 0.183 e. The molecule has 1 fully saturated rings. The summed E-state index contributed by atoms with van der Waals surface area (Å²) >= 11 is 0. The SMILES string of the molecule is COC(=N)C1CCCC(C)C1. The van der Waals surface area contributed by atoms with Crippen molar-refractivity contribution in [2.75, 3.05) is 7.11 Å². The Morgan fingerprint density at radius 3 is 2.73 bits per heavy atom. The lowest BCUT2D eigenvalue weighted by molar-refractivity contribution is 0.283. The van der Waals surface area contributed by atoms with Crippen LogP contribution < -0.4 is 0 Å². The monoisotopic (exact) mass is 155 g/mol. The highest BCUT2D eigenvalue weighted by Crippen LogP contribution is 2.29. The molecule has 1 N–H and O–H groups in total. The van der Waals surface area contributed by atoms with E-state index in [0.717, 1.165) is 18.8 Å². The predicted octanol–water partition coefficient (Wildman–Crippen LogP) is 2.44. The van der Waals surface area contributed by atoms with Gasteiger partial charge in [0, 0.05) is 5.92 Å². The molecule has 0 aliphatic heterocycles. The fourth-order valence-electron chi connectivity index (χ4n) is 1.84. The van der Waals surface area contributed by atoms with Gasteiger partial charge < -0.3 is 4.74 Å². The van der Waals surface area contributed by atoms with Crippen LogP contribution in [0, 0.1) is 17.2 Å². The van der Waals surface area contributed by atoms with Gasteiger partial charge in [-0.3, -0.25) is 5.41 Å². The molecule has 0 spiro atoms. The number of hydrogen-bond acceptors (Lipinski definition) is 2. The Labute approximate surface area is 68.5 Å². The summed E-state index contributed by atoms with van der Waals surface area (Å²) in [7, 11) is 1.60. The normalized spacial score (nSPS) is 31.5. The van der Waals surface area contributed by atoms with Gasteiger partial charge in [0.1, 0.15) is 0 Å². The molecule has 64 valence electrons. The van der Waals surface area contributed by atoms with E-state index in [-0.39, 0.29) is 0 Å². The fourth-order valence-corrected chi connectivity index (χ4v) is 1.84. The Bertz CT molecular complexity index is 144. The second kappa shape index (κ2) is 3.74. The van der Waals surface area contributed by atoms with Crippen LogP contribution in [0.5, 0.6) is 0 Å². The summed E-state index contributed by atoms with van der Waals surface area (Å²) in [5.41, 5.74) is 0. The molecule has 2 nitrogen and oxygen atoms in total. The fraction of sp³-hybridized carbons (Fsp3) is 0.889. The molecule has 0 aromatic carbocycles. The molecular formula is C9H17NO. The molecule has 1 rings (SSSR count). The first-order valence-corrected chi connectivity index (χ1v) is 4.36.